The molecule has 3 aromatic rings. The van der Waals surface area contributed by atoms with Crippen LogP contribution >= 0.6 is 0 Å². The second-order valence-corrected chi connectivity index (χ2v) is 4.84. The maximum atomic E-state index is 5.54. The van der Waals surface area contributed by atoms with Gasteiger partial charge in [0, 0.05) is 24.4 Å². The molecule has 4 heteroatoms. The van der Waals surface area contributed by atoms with E-state index in [1.165, 1.54) is 22.4 Å². The van der Waals surface area contributed by atoms with Gasteiger partial charge in [0.2, 0.25) is 11.8 Å². The lowest BCUT2D eigenvalue weighted by molar-refractivity contribution is 0.532. The minimum absolute atomic E-state index is 0.598. The van der Waals surface area contributed by atoms with Crippen LogP contribution in [0.2, 0.25) is 0 Å². The Bertz CT molecular complexity index is 754. The fraction of sp³-hybridized carbons (Fsp3) is 0.200. The lowest BCUT2D eigenvalue weighted by Gasteiger charge is -2.16. The molecule has 0 saturated heterocycles. The zero-order valence-electron chi connectivity index (χ0n) is 10.6. The van der Waals surface area contributed by atoms with Crippen LogP contribution in [0.15, 0.2) is 34.9 Å². The summed E-state index contributed by atoms with van der Waals surface area (Å²) in [6.45, 7) is 1.81. The van der Waals surface area contributed by atoms with Crippen molar-refractivity contribution in [3.05, 3.63) is 47.5 Å². The van der Waals surface area contributed by atoms with Crippen LogP contribution in [0.3, 0.4) is 0 Å². The summed E-state index contributed by atoms with van der Waals surface area (Å²) in [6, 6.07) is 8.52. The molecule has 0 aliphatic heterocycles. The molecule has 0 unspecified atom stereocenters. The highest BCUT2D eigenvalue weighted by Crippen LogP contribution is 2.37. The van der Waals surface area contributed by atoms with Gasteiger partial charge in [0.25, 0.3) is 0 Å². The summed E-state index contributed by atoms with van der Waals surface area (Å²) < 4.78 is 5.54. The van der Waals surface area contributed by atoms with Crippen LogP contribution in [-0.4, -0.2) is 15.2 Å². The summed E-state index contributed by atoms with van der Waals surface area (Å²) in [5.74, 6) is 1.20. The predicted octanol–water partition coefficient (Wildman–Crippen LogP) is 3.14. The highest BCUT2D eigenvalue weighted by Gasteiger charge is 2.22. The molecule has 19 heavy (non-hydrogen) atoms. The zero-order valence-corrected chi connectivity index (χ0v) is 10.6. The van der Waals surface area contributed by atoms with Gasteiger partial charge in [-0.25, -0.2) is 0 Å². The molecule has 1 aliphatic carbocycles. The van der Waals surface area contributed by atoms with Crippen molar-refractivity contribution in [3.8, 4) is 22.7 Å². The normalized spacial score (nSPS) is 13.1. The molecule has 0 amide bonds. The van der Waals surface area contributed by atoms with E-state index in [4.69, 9.17) is 4.42 Å². The molecule has 2 aromatic heterocycles. The van der Waals surface area contributed by atoms with E-state index in [1.54, 1.807) is 0 Å². The zero-order chi connectivity index (χ0) is 12.8. The Labute approximate surface area is 110 Å². The van der Waals surface area contributed by atoms with Crippen molar-refractivity contribution in [2.45, 2.75) is 19.8 Å². The van der Waals surface area contributed by atoms with Gasteiger partial charge in [0.05, 0.1) is 5.56 Å². The van der Waals surface area contributed by atoms with Gasteiger partial charge in [0.15, 0.2) is 0 Å². The standard InChI is InChI=1S/C15H13N3O/c1-9-17-18-15(19-9)13-8-16-14-11-5-3-2-4-10(11)6-7-12(13)14/h2-5,8,16H,6-7H2,1H3. The summed E-state index contributed by atoms with van der Waals surface area (Å²) in [5, 5.41) is 8.02. The first-order chi connectivity index (χ1) is 9.33. The lowest BCUT2D eigenvalue weighted by atomic mass is 9.89. The van der Waals surface area contributed by atoms with Crippen LogP contribution in [0.5, 0.6) is 0 Å². The Morgan fingerprint density at radius 2 is 2.00 bits per heavy atom. The number of hydrogen-bond donors (Lipinski definition) is 1. The van der Waals surface area contributed by atoms with Crippen LogP contribution in [0.1, 0.15) is 17.0 Å². The first kappa shape index (κ1) is 10.6. The Morgan fingerprint density at radius 3 is 2.84 bits per heavy atom. The predicted molar refractivity (Wildman–Crippen MR) is 71.7 cm³/mol. The van der Waals surface area contributed by atoms with E-state index >= 15 is 0 Å². The fourth-order valence-electron chi connectivity index (χ4n) is 2.79. The second kappa shape index (κ2) is 3.82. The van der Waals surface area contributed by atoms with Crippen LogP contribution in [0, 0.1) is 6.92 Å². The number of aromatic nitrogens is 3. The summed E-state index contributed by atoms with van der Waals surface area (Å²) in [5.41, 5.74) is 6.18. The van der Waals surface area contributed by atoms with E-state index in [1.807, 2.05) is 13.1 Å². The van der Waals surface area contributed by atoms with Crippen LogP contribution in [-0.2, 0) is 12.8 Å². The molecule has 0 radical (unpaired) electrons. The average molecular weight is 251 g/mol. The molecule has 94 valence electrons. The second-order valence-electron chi connectivity index (χ2n) is 4.84. The van der Waals surface area contributed by atoms with Gasteiger partial charge in [0.1, 0.15) is 0 Å². The van der Waals surface area contributed by atoms with E-state index < -0.39 is 0 Å². The molecule has 4 rings (SSSR count). The van der Waals surface area contributed by atoms with E-state index in [0.29, 0.717) is 11.8 Å². The van der Waals surface area contributed by atoms with Crippen molar-refractivity contribution in [2.24, 2.45) is 0 Å². The molecular weight excluding hydrogens is 238 g/mol. The maximum absolute atomic E-state index is 5.54. The molecule has 2 heterocycles. The van der Waals surface area contributed by atoms with Crippen molar-refractivity contribution in [3.63, 3.8) is 0 Å². The quantitative estimate of drug-likeness (QED) is 0.722. The number of hydrogen-bond acceptors (Lipinski definition) is 3. The molecule has 0 saturated carbocycles. The van der Waals surface area contributed by atoms with Crippen LogP contribution in [0.4, 0.5) is 0 Å². The number of aromatic amines is 1. The first-order valence-corrected chi connectivity index (χ1v) is 6.42. The van der Waals surface area contributed by atoms with Crippen LogP contribution in [0.25, 0.3) is 22.7 Å². The number of nitrogens with zero attached hydrogens (tertiary/aromatic N) is 2. The molecular formula is C15H13N3O. The van der Waals surface area contributed by atoms with Crippen molar-refractivity contribution in [2.75, 3.05) is 0 Å². The Kier molecular flexibility index (Phi) is 2.12. The third-order valence-corrected chi connectivity index (χ3v) is 3.68. The molecule has 0 atom stereocenters. The van der Waals surface area contributed by atoms with Gasteiger partial charge in [-0.05, 0) is 24.0 Å². The number of nitrogens with one attached hydrogen (secondary N) is 1. The third-order valence-electron chi connectivity index (χ3n) is 3.68. The molecule has 0 bridgehead atoms. The first-order valence-electron chi connectivity index (χ1n) is 6.42. The Morgan fingerprint density at radius 1 is 1.11 bits per heavy atom. The molecule has 1 aliphatic rings. The van der Waals surface area contributed by atoms with Gasteiger partial charge in [-0.15, -0.1) is 10.2 Å². The molecule has 4 nitrogen and oxygen atoms in total. The van der Waals surface area contributed by atoms with Gasteiger partial charge in [-0.1, -0.05) is 24.3 Å². The summed E-state index contributed by atoms with van der Waals surface area (Å²) in [7, 11) is 0. The van der Waals surface area contributed by atoms with Gasteiger partial charge in [-0.3, -0.25) is 0 Å². The Balaban J connectivity index is 1.90. The minimum Gasteiger partial charge on any atom is -0.421 e. The number of rotatable bonds is 1. The minimum atomic E-state index is 0.598. The topological polar surface area (TPSA) is 54.7 Å². The van der Waals surface area contributed by atoms with Crippen molar-refractivity contribution in [1.82, 2.24) is 15.2 Å². The number of aryl methyl sites for hydroxylation is 2. The highest BCUT2D eigenvalue weighted by atomic mass is 16.4. The molecule has 1 aromatic carbocycles. The summed E-state index contributed by atoms with van der Waals surface area (Å²) in [4.78, 5) is 3.36. The summed E-state index contributed by atoms with van der Waals surface area (Å²) in [6.07, 6.45) is 4.04. The maximum Gasteiger partial charge on any atom is 0.249 e. The van der Waals surface area contributed by atoms with E-state index in [-0.39, 0.29) is 0 Å². The number of benzene rings is 1. The summed E-state index contributed by atoms with van der Waals surface area (Å²) >= 11 is 0. The highest BCUT2D eigenvalue weighted by molar-refractivity contribution is 5.77. The van der Waals surface area contributed by atoms with Gasteiger partial charge < -0.3 is 9.40 Å². The van der Waals surface area contributed by atoms with E-state index in [2.05, 4.69) is 39.4 Å². The monoisotopic (exact) mass is 251 g/mol. The van der Waals surface area contributed by atoms with Crippen molar-refractivity contribution < 1.29 is 4.42 Å². The SMILES string of the molecule is Cc1nnc(-c2c[nH]c3c2CCc2ccccc2-3)o1. The Hall–Kier alpha value is -2.36. The fourth-order valence-corrected chi connectivity index (χ4v) is 2.79. The van der Waals surface area contributed by atoms with E-state index in [9.17, 15) is 0 Å². The van der Waals surface area contributed by atoms with Crippen molar-refractivity contribution >= 4 is 0 Å². The molecule has 0 fully saturated rings. The van der Waals surface area contributed by atoms with Crippen molar-refractivity contribution in [1.29, 1.82) is 0 Å². The lowest BCUT2D eigenvalue weighted by Crippen LogP contribution is -2.03. The number of H-pyrrole nitrogens is 1. The smallest absolute Gasteiger partial charge is 0.249 e. The number of fused-ring (bicyclic) bond motifs is 3. The molecule has 1 N–H and O–H groups in total. The van der Waals surface area contributed by atoms with Gasteiger partial charge >= 0.3 is 0 Å². The third kappa shape index (κ3) is 1.53. The molecule has 0 spiro atoms. The largest absolute Gasteiger partial charge is 0.421 e. The average Bonchev–Trinajstić information content (AvgIpc) is 3.04. The van der Waals surface area contributed by atoms with Gasteiger partial charge in [-0.2, -0.15) is 0 Å². The van der Waals surface area contributed by atoms with E-state index in [0.717, 1.165) is 18.4 Å². The van der Waals surface area contributed by atoms with Crippen LogP contribution < -0.4 is 0 Å².